The van der Waals surface area contributed by atoms with Crippen molar-refractivity contribution in [1.82, 2.24) is 9.88 Å². The Balaban J connectivity index is 1.97. The number of thioether (sulfide) groups is 1. The third kappa shape index (κ3) is 2.88. The van der Waals surface area contributed by atoms with Crippen LogP contribution in [0.5, 0.6) is 0 Å². The van der Waals surface area contributed by atoms with Gasteiger partial charge in [0.05, 0.1) is 19.3 Å². The molecule has 2 nitrogen and oxygen atoms in total. The molecular weight excluding hydrogens is 248 g/mol. The lowest BCUT2D eigenvalue weighted by atomic mass is 10.3. The van der Waals surface area contributed by atoms with Crippen LogP contribution in [0.25, 0.3) is 0 Å². The second-order valence-electron chi connectivity index (χ2n) is 3.36. The first kappa shape index (κ1) is 11.3. The van der Waals surface area contributed by atoms with E-state index < -0.39 is 0 Å². The maximum Gasteiger partial charge on any atom is 0.113 e. The molecule has 0 bridgehead atoms. The number of aromatic nitrogens is 1. The molecule has 0 unspecified atom stereocenters. The summed E-state index contributed by atoms with van der Waals surface area (Å²) >= 11 is 9.33. The van der Waals surface area contributed by atoms with Gasteiger partial charge in [0, 0.05) is 17.5 Å². The first-order chi connectivity index (χ1) is 7.29. The van der Waals surface area contributed by atoms with E-state index in [0.29, 0.717) is 12.6 Å². The molecule has 1 aliphatic heterocycles. The van der Waals surface area contributed by atoms with Crippen LogP contribution in [-0.4, -0.2) is 34.0 Å². The molecule has 0 saturated carbocycles. The fourth-order valence-corrected chi connectivity index (χ4v) is 3.25. The van der Waals surface area contributed by atoms with Crippen LogP contribution in [0.4, 0.5) is 0 Å². The molecule has 0 atom stereocenters. The summed E-state index contributed by atoms with van der Waals surface area (Å²) < 4.78 is 0.744. The molecule has 0 aliphatic carbocycles. The number of terminal acetylenes is 1. The SMILES string of the molecule is C#CCN(Cc1ncc(Cl)s1)C1CSC1. The third-order valence-electron chi connectivity index (χ3n) is 2.29. The van der Waals surface area contributed by atoms with Gasteiger partial charge in [0.2, 0.25) is 0 Å². The van der Waals surface area contributed by atoms with Crippen molar-refractivity contribution in [3.63, 3.8) is 0 Å². The van der Waals surface area contributed by atoms with Gasteiger partial charge in [0.1, 0.15) is 9.34 Å². The summed E-state index contributed by atoms with van der Waals surface area (Å²) in [6.45, 7) is 1.52. The minimum Gasteiger partial charge on any atom is -0.281 e. The van der Waals surface area contributed by atoms with Gasteiger partial charge < -0.3 is 0 Å². The van der Waals surface area contributed by atoms with Gasteiger partial charge in [-0.3, -0.25) is 4.90 Å². The van der Waals surface area contributed by atoms with Gasteiger partial charge in [0.25, 0.3) is 0 Å². The maximum absolute atomic E-state index is 5.84. The van der Waals surface area contributed by atoms with Gasteiger partial charge >= 0.3 is 0 Å². The molecule has 1 aliphatic rings. The molecule has 1 saturated heterocycles. The Morgan fingerprint density at radius 1 is 1.67 bits per heavy atom. The van der Waals surface area contributed by atoms with Crippen molar-refractivity contribution in [2.75, 3.05) is 18.1 Å². The fraction of sp³-hybridized carbons (Fsp3) is 0.500. The smallest absolute Gasteiger partial charge is 0.113 e. The average molecular weight is 259 g/mol. The van der Waals surface area contributed by atoms with Gasteiger partial charge in [-0.25, -0.2) is 4.98 Å². The number of rotatable bonds is 4. The van der Waals surface area contributed by atoms with Gasteiger partial charge in [0.15, 0.2) is 0 Å². The number of nitrogens with zero attached hydrogens (tertiary/aromatic N) is 2. The highest BCUT2D eigenvalue weighted by Crippen LogP contribution is 2.26. The molecule has 1 aromatic heterocycles. The van der Waals surface area contributed by atoms with Crippen molar-refractivity contribution in [2.45, 2.75) is 12.6 Å². The topological polar surface area (TPSA) is 16.1 Å². The van der Waals surface area contributed by atoms with Crippen molar-refractivity contribution in [2.24, 2.45) is 0 Å². The van der Waals surface area contributed by atoms with Crippen molar-refractivity contribution in [1.29, 1.82) is 0 Å². The molecule has 0 aromatic carbocycles. The summed E-state index contributed by atoms with van der Waals surface area (Å²) in [6, 6.07) is 0.619. The second-order valence-corrected chi connectivity index (χ2v) is 6.18. The van der Waals surface area contributed by atoms with Crippen LogP contribution >= 0.6 is 34.7 Å². The van der Waals surface area contributed by atoms with Crippen LogP contribution in [0.15, 0.2) is 6.20 Å². The molecule has 5 heteroatoms. The molecule has 0 radical (unpaired) electrons. The van der Waals surface area contributed by atoms with Crippen molar-refractivity contribution in [3.8, 4) is 12.3 Å². The zero-order valence-corrected chi connectivity index (χ0v) is 10.5. The fourth-order valence-electron chi connectivity index (χ4n) is 1.40. The zero-order valence-electron chi connectivity index (χ0n) is 8.15. The highest BCUT2D eigenvalue weighted by molar-refractivity contribution is 8.00. The average Bonchev–Trinajstić information content (AvgIpc) is 2.48. The first-order valence-corrected chi connectivity index (χ1v) is 7.00. The molecular formula is C10H11ClN2S2. The number of thiazole rings is 1. The summed E-state index contributed by atoms with van der Waals surface area (Å²) in [5, 5.41) is 1.05. The Labute approximate surface area is 103 Å². The number of halogens is 1. The van der Waals surface area contributed by atoms with Crippen LogP contribution in [0.1, 0.15) is 5.01 Å². The van der Waals surface area contributed by atoms with Crippen molar-refractivity contribution in [3.05, 3.63) is 15.5 Å². The summed E-state index contributed by atoms with van der Waals surface area (Å²) in [5.74, 6) is 5.07. The lowest BCUT2D eigenvalue weighted by molar-refractivity contribution is 0.239. The molecule has 1 fully saturated rings. The highest BCUT2D eigenvalue weighted by Gasteiger charge is 2.25. The summed E-state index contributed by atoms with van der Waals surface area (Å²) in [4.78, 5) is 6.55. The van der Waals surface area contributed by atoms with Gasteiger partial charge in [-0.15, -0.1) is 17.8 Å². The summed E-state index contributed by atoms with van der Waals surface area (Å²) in [7, 11) is 0. The van der Waals surface area contributed by atoms with Crippen LogP contribution in [-0.2, 0) is 6.54 Å². The highest BCUT2D eigenvalue weighted by atomic mass is 35.5. The molecule has 0 amide bonds. The van der Waals surface area contributed by atoms with E-state index in [1.807, 2.05) is 11.8 Å². The lowest BCUT2D eigenvalue weighted by Crippen LogP contribution is -2.44. The predicted molar refractivity (Wildman–Crippen MR) is 67.5 cm³/mol. The summed E-state index contributed by atoms with van der Waals surface area (Å²) in [5.41, 5.74) is 0. The normalized spacial score (nSPS) is 16.3. The minimum absolute atomic E-state index is 0.619. The van der Waals surface area contributed by atoms with Gasteiger partial charge in [-0.2, -0.15) is 11.8 Å². The van der Waals surface area contributed by atoms with E-state index in [2.05, 4.69) is 15.8 Å². The van der Waals surface area contributed by atoms with Crippen LogP contribution in [0, 0.1) is 12.3 Å². The van der Waals surface area contributed by atoms with Crippen LogP contribution in [0.2, 0.25) is 4.34 Å². The molecule has 0 spiro atoms. The monoisotopic (exact) mass is 258 g/mol. The molecule has 15 heavy (non-hydrogen) atoms. The quantitative estimate of drug-likeness (QED) is 0.772. The van der Waals surface area contributed by atoms with E-state index >= 15 is 0 Å². The summed E-state index contributed by atoms with van der Waals surface area (Å²) in [6.07, 6.45) is 7.06. The Kier molecular flexibility index (Phi) is 3.92. The van der Waals surface area contributed by atoms with E-state index in [-0.39, 0.29) is 0 Å². The molecule has 2 heterocycles. The third-order valence-corrected chi connectivity index (χ3v) is 4.64. The van der Waals surface area contributed by atoms with Gasteiger partial charge in [-0.05, 0) is 0 Å². The Hall–Kier alpha value is -0.210. The second kappa shape index (κ2) is 5.22. The van der Waals surface area contributed by atoms with E-state index in [1.54, 1.807) is 6.20 Å². The van der Waals surface area contributed by atoms with E-state index in [1.165, 1.54) is 22.8 Å². The molecule has 1 aromatic rings. The first-order valence-electron chi connectivity index (χ1n) is 4.65. The van der Waals surface area contributed by atoms with Crippen LogP contribution < -0.4 is 0 Å². The largest absolute Gasteiger partial charge is 0.281 e. The van der Waals surface area contributed by atoms with E-state index in [0.717, 1.165) is 15.9 Å². The predicted octanol–water partition coefficient (Wildman–Crippen LogP) is 2.35. The number of hydrogen-bond acceptors (Lipinski definition) is 4. The van der Waals surface area contributed by atoms with Crippen molar-refractivity contribution >= 4 is 34.7 Å². The Morgan fingerprint density at radius 3 is 2.93 bits per heavy atom. The zero-order chi connectivity index (χ0) is 10.7. The minimum atomic E-state index is 0.619. The standard InChI is InChI=1S/C10H11ClN2S2/c1-2-3-13(8-6-14-7-8)5-10-12-4-9(11)15-10/h1,4,8H,3,5-7H2. The van der Waals surface area contributed by atoms with E-state index in [9.17, 15) is 0 Å². The molecule has 80 valence electrons. The van der Waals surface area contributed by atoms with Gasteiger partial charge in [-0.1, -0.05) is 17.5 Å². The Morgan fingerprint density at radius 2 is 2.47 bits per heavy atom. The maximum atomic E-state index is 5.84. The number of hydrogen-bond donors (Lipinski definition) is 0. The lowest BCUT2D eigenvalue weighted by Gasteiger charge is -2.35. The van der Waals surface area contributed by atoms with Crippen LogP contribution in [0.3, 0.4) is 0 Å². The molecule has 2 rings (SSSR count). The molecule has 0 N–H and O–H groups in total. The van der Waals surface area contributed by atoms with Crippen molar-refractivity contribution < 1.29 is 0 Å². The Bertz CT molecular complexity index is 368. The van der Waals surface area contributed by atoms with E-state index in [4.69, 9.17) is 18.0 Å².